The summed E-state index contributed by atoms with van der Waals surface area (Å²) < 4.78 is 0. The summed E-state index contributed by atoms with van der Waals surface area (Å²) in [6.07, 6.45) is 8.51. The lowest BCUT2D eigenvalue weighted by atomic mass is 9.43. The largest absolute Gasteiger partial charge is 0.508 e. The molecule has 0 spiro atoms. The summed E-state index contributed by atoms with van der Waals surface area (Å²) in [5.41, 5.74) is 3.17. The molecule has 0 radical (unpaired) electrons. The summed E-state index contributed by atoms with van der Waals surface area (Å²) in [4.78, 5) is 32.5. The second-order valence-electron chi connectivity index (χ2n) is 12.7. The highest BCUT2D eigenvalue weighted by molar-refractivity contribution is 5.85. The highest BCUT2D eigenvalue weighted by Gasteiger charge is 2.76. The molecular weight excluding hydrogens is 440 g/mol. The first-order valence-electron chi connectivity index (χ1n) is 13.9. The minimum Gasteiger partial charge on any atom is -0.508 e. The van der Waals surface area contributed by atoms with Crippen molar-refractivity contribution in [3.8, 4) is 5.75 Å². The number of carbonyl (C=O) groups excluding carboxylic acids is 2. The Morgan fingerprint density at radius 3 is 2.89 bits per heavy atom. The van der Waals surface area contributed by atoms with Gasteiger partial charge in [0.25, 0.3) is 0 Å². The molecule has 3 heterocycles. The molecule has 1 aromatic rings. The molecule has 0 aromatic heterocycles. The van der Waals surface area contributed by atoms with E-state index < -0.39 is 0 Å². The average molecular weight is 477 g/mol. The molecule has 6 fully saturated rings. The van der Waals surface area contributed by atoms with E-state index in [0.29, 0.717) is 36.7 Å². The normalized spacial score (nSPS) is 41.4. The number of phenolic OH excluding ortho intramolecular Hbond substituents is 1. The molecule has 8 rings (SSSR count). The fraction of sp³-hybridized carbons (Fsp3) is 0.714. The highest BCUT2D eigenvalue weighted by Crippen LogP contribution is 2.75. The lowest BCUT2D eigenvalue weighted by molar-refractivity contribution is -0.123. The van der Waals surface area contributed by atoms with Gasteiger partial charge in [-0.05, 0) is 97.9 Å². The van der Waals surface area contributed by atoms with E-state index in [1.807, 2.05) is 6.07 Å². The van der Waals surface area contributed by atoms with E-state index in [1.165, 1.54) is 43.4 Å². The number of carbonyl (C=O) groups is 2. The quantitative estimate of drug-likeness (QED) is 0.687. The van der Waals surface area contributed by atoms with Gasteiger partial charge in [-0.1, -0.05) is 6.07 Å². The Kier molecular flexibility index (Phi) is 4.13. The molecule has 2 unspecified atom stereocenters. The number of urea groups is 1. The van der Waals surface area contributed by atoms with Crippen LogP contribution in [0.1, 0.15) is 49.7 Å². The van der Waals surface area contributed by atoms with Gasteiger partial charge in [0.15, 0.2) is 0 Å². The summed E-state index contributed by atoms with van der Waals surface area (Å²) in [6, 6.07) is 7.08. The number of nitrogens with zero attached hydrogens (tertiary/aromatic N) is 3. The summed E-state index contributed by atoms with van der Waals surface area (Å²) in [7, 11) is 0. The van der Waals surface area contributed by atoms with E-state index in [-0.39, 0.29) is 35.4 Å². The molecule has 186 valence electrons. The van der Waals surface area contributed by atoms with E-state index >= 15 is 0 Å². The zero-order valence-electron chi connectivity index (χ0n) is 20.4. The van der Waals surface area contributed by atoms with Gasteiger partial charge in [-0.2, -0.15) is 0 Å². The molecule has 4 aliphatic carbocycles. The van der Waals surface area contributed by atoms with Crippen LogP contribution < -0.4 is 5.32 Å². The van der Waals surface area contributed by atoms with Crippen LogP contribution in [0.4, 0.5) is 4.79 Å². The predicted octanol–water partition coefficient (Wildman–Crippen LogP) is 2.32. The summed E-state index contributed by atoms with van der Waals surface area (Å²) in [5, 5.41) is 13.5. The molecule has 3 amide bonds. The van der Waals surface area contributed by atoms with Crippen LogP contribution in [0.3, 0.4) is 0 Å². The van der Waals surface area contributed by atoms with Gasteiger partial charge in [0.1, 0.15) is 12.3 Å². The zero-order chi connectivity index (χ0) is 23.5. The van der Waals surface area contributed by atoms with Crippen LogP contribution >= 0.6 is 0 Å². The third-order valence-electron chi connectivity index (χ3n) is 11.3. The number of nitrogens with one attached hydrogen (secondary N) is 1. The van der Waals surface area contributed by atoms with E-state index in [2.05, 4.69) is 27.2 Å². The third-order valence-corrected chi connectivity index (χ3v) is 11.3. The molecular formula is C28H36N4O3. The fourth-order valence-corrected chi connectivity index (χ4v) is 10.1. The van der Waals surface area contributed by atoms with Crippen molar-refractivity contribution in [3.63, 3.8) is 0 Å². The van der Waals surface area contributed by atoms with Crippen LogP contribution in [0, 0.1) is 23.2 Å². The average Bonchev–Trinajstić information content (AvgIpc) is 3.54. The van der Waals surface area contributed by atoms with Crippen LogP contribution in [0.2, 0.25) is 0 Å². The lowest BCUT2D eigenvalue weighted by Crippen LogP contribution is -2.70. The van der Waals surface area contributed by atoms with E-state index in [0.717, 1.165) is 38.3 Å². The number of hydrogen-bond acceptors (Lipinski definition) is 4. The summed E-state index contributed by atoms with van der Waals surface area (Å²) >= 11 is 0. The van der Waals surface area contributed by atoms with Gasteiger partial charge in [0, 0.05) is 43.7 Å². The van der Waals surface area contributed by atoms with E-state index in [4.69, 9.17) is 0 Å². The minimum absolute atomic E-state index is 0.0483. The van der Waals surface area contributed by atoms with Crippen molar-refractivity contribution in [3.05, 3.63) is 29.3 Å². The van der Waals surface area contributed by atoms with Gasteiger partial charge < -0.3 is 20.2 Å². The maximum absolute atomic E-state index is 13.7. The highest BCUT2D eigenvalue weighted by atomic mass is 16.3. The Hall–Kier alpha value is -2.28. The lowest BCUT2D eigenvalue weighted by Gasteiger charge is -2.66. The molecule has 35 heavy (non-hydrogen) atoms. The van der Waals surface area contributed by atoms with E-state index in [9.17, 15) is 14.7 Å². The summed E-state index contributed by atoms with van der Waals surface area (Å²) in [6.45, 7) is 4.58. The number of likely N-dealkylation sites (tertiary alicyclic amines) is 2. The third kappa shape index (κ3) is 2.60. The van der Waals surface area contributed by atoms with Gasteiger partial charge in [0.2, 0.25) is 5.91 Å². The van der Waals surface area contributed by atoms with Crippen molar-refractivity contribution < 1.29 is 14.7 Å². The Labute approximate surface area is 206 Å². The molecule has 3 aliphatic heterocycles. The number of amides is 3. The standard InChI is InChI=1S/C28H36N4O3/c33-20-4-3-18-11-23-27-6-5-22-25(28(27,21(18)12-20)7-9-30(23)14-17-1-2-17)19(13-27)15-32(22)26(35)31-10-8-29-24(34)16-31/h3-4,12,17,19,22-23,25,33H,1-2,5-11,13-16H2,(H,29,34)/t19-,22?,23-,25?,27-,28+/m1/s1. The molecule has 4 bridgehead atoms. The first kappa shape index (κ1) is 20.9. The molecule has 7 heteroatoms. The molecule has 6 atom stereocenters. The predicted molar refractivity (Wildman–Crippen MR) is 130 cm³/mol. The van der Waals surface area contributed by atoms with Crippen molar-refractivity contribution in [2.45, 2.75) is 62.4 Å². The maximum Gasteiger partial charge on any atom is 0.320 e. The Bertz CT molecular complexity index is 1120. The van der Waals surface area contributed by atoms with Crippen LogP contribution in [0.25, 0.3) is 0 Å². The van der Waals surface area contributed by atoms with Gasteiger partial charge in [0.05, 0.1) is 0 Å². The van der Waals surface area contributed by atoms with Crippen LogP contribution in [-0.4, -0.2) is 83.1 Å². The Morgan fingerprint density at radius 1 is 1.17 bits per heavy atom. The monoisotopic (exact) mass is 476 g/mol. The first-order chi connectivity index (χ1) is 17.0. The van der Waals surface area contributed by atoms with Crippen LogP contribution in [0.5, 0.6) is 5.75 Å². The molecule has 7 nitrogen and oxygen atoms in total. The number of piperazine rings is 1. The smallest absolute Gasteiger partial charge is 0.320 e. The number of benzene rings is 1. The van der Waals surface area contributed by atoms with Gasteiger partial charge in [-0.25, -0.2) is 4.79 Å². The van der Waals surface area contributed by atoms with Crippen molar-refractivity contribution >= 4 is 11.9 Å². The Balaban J connectivity index is 1.21. The second-order valence-corrected chi connectivity index (χ2v) is 12.7. The summed E-state index contributed by atoms with van der Waals surface area (Å²) in [5.74, 6) is 2.21. The maximum atomic E-state index is 13.7. The molecule has 7 aliphatic rings. The van der Waals surface area contributed by atoms with Gasteiger partial charge in [-0.3, -0.25) is 9.69 Å². The number of phenols is 1. The molecule has 3 saturated heterocycles. The number of fused-ring (bicyclic) bond motifs is 1. The van der Waals surface area contributed by atoms with Crippen molar-refractivity contribution in [2.75, 3.05) is 39.3 Å². The second kappa shape index (κ2) is 6.93. The number of rotatable bonds is 2. The van der Waals surface area contributed by atoms with Crippen LogP contribution in [0.15, 0.2) is 18.2 Å². The molecule has 2 N–H and O–H groups in total. The van der Waals surface area contributed by atoms with Crippen molar-refractivity contribution in [1.29, 1.82) is 0 Å². The SMILES string of the molecule is O=C1CN(C(=O)N2C[C@H]3C[C@@]45CCC2C3[C@@]42CCN(CC3CC3)[C@@H]5Cc3ccc(O)cc32)CCN1. The first-order valence-corrected chi connectivity index (χ1v) is 13.9. The van der Waals surface area contributed by atoms with Crippen LogP contribution in [-0.2, 0) is 16.6 Å². The number of piperidine rings is 1. The fourth-order valence-electron chi connectivity index (χ4n) is 10.1. The van der Waals surface area contributed by atoms with Crippen molar-refractivity contribution in [2.24, 2.45) is 23.2 Å². The molecule has 3 saturated carbocycles. The van der Waals surface area contributed by atoms with E-state index in [1.54, 1.807) is 4.90 Å². The van der Waals surface area contributed by atoms with Crippen molar-refractivity contribution in [1.82, 2.24) is 20.0 Å². The van der Waals surface area contributed by atoms with Gasteiger partial charge in [-0.15, -0.1) is 0 Å². The molecule has 1 aromatic carbocycles. The number of aromatic hydroxyl groups is 1. The minimum atomic E-state index is -0.0483. The Morgan fingerprint density at radius 2 is 2.06 bits per heavy atom. The topological polar surface area (TPSA) is 76.1 Å². The van der Waals surface area contributed by atoms with Gasteiger partial charge >= 0.3 is 6.03 Å². The number of hydrogen-bond donors (Lipinski definition) is 2. The zero-order valence-corrected chi connectivity index (χ0v) is 20.4.